The van der Waals surface area contributed by atoms with Gasteiger partial charge in [-0.2, -0.15) is 0 Å². The lowest BCUT2D eigenvalue weighted by Gasteiger charge is -2.35. The first-order valence-corrected chi connectivity index (χ1v) is 9.54. The third kappa shape index (κ3) is 5.85. The lowest BCUT2D eigenvalue weighted by atomic mass is 9.78. The first-order chi connectivity index (χ1) is 11.5. The highest BCUT2D eigenvalue weighted by Gasteiger charge is 2.27. The molecule has 0 radical (unpaired) electrons. The van der Waals surface area contributed by atoms with Gasteiger partial charge < -0.3 is 10.8 Å². The van der Waals surface area contributed by atoms with E-state index in [0.717, 1.165) is 56.9 Å². The highest BCUT2D eigenvalue weighted by Crippen LogP contribution is 2.40. The van der Waals surface area contributed by atoms with Crippen LogP contribution >= 0.6 is 12.4 Å². The molecule has 3 N–H and O–H groups in total. The molecular weight excluding hydrogens is 346 g/mol. The van der Waals surface area contributed by atoms with E-state index < -0.39 is 0 Å². The minimum atomic E-state index is -0.0695. The SMILES string of the molecule is CC(C)(C)c1cc(CN2CCN(CCN)CC2)cc(C(C)(C)C)c1O.Cl. The fourth-order valence-corrected chi connectivity index (χ4v) is 3.54. The van der Waals surface area contributed by atoms with Crippen molar-refractivity contribution in [2.75, 3.05) is 39.3 Å². The summed E-state index contributed by atoms with van der Waals surface area (Å²) in [6.07, 6.45) is 0. The molecule has 0 aromatic heterocycles. The Bertz CT molecular complexity index is 547. The van der Waals surface area contributed by atoms with E-state index in [4.69, 9.17) is 5.73 Å². The fraction of sp³-hybridized carbons (Fsp3) is 0.714. The molecule has 0 bridgehead atoms. The van der Waals surface area contributed by atoms with Crippen molar-refractivity contribution in [1.29, 1.82) is 0 Å². The number of rotatable bonds is 4. The van der Waals surface area contributed by atoms with Gasteiger partial charge in [-0.3, -0.25) is 9.80 Å². The summed E-state index contributed by atoms with van der Waals surface area (Å²) in [6, 6.07) is 4.41. The van der Waals surface area contributed by atoms with Crippen LogP contribution in [0.4, 0.5) is 0 Å². The Morgan fingerprint density at radius 3 is 1.69 bits per heavy atom. The van der Waals surface area contributed by atoms with Crippen LogP contribution in [0.1, 0.15) is 58.2 Å². The number of hydrogen-bond donors (Lipinski definition) is 2. The zero-order valence-electron chi connectivity index (χ0n) is 17.4. The van der Waals surface area contributed by atoms with Gasteiger partial charge in [0, 0.05) is 45.8 Å². The van der Waals surface area contributed by atoms with Crippen LogP contribution in [0.5, 0.6) is 5.75 Å². The van der Waals surface area contributed by atoms with E-state index in [2.05, 4.69) is 63.5 Å². The van der Waals surface area contributed by atoms with Crippen molar-refractivity contribution in [3.8, 4) is 5.75 Å². The van der Waals surface area contributed by atoms with Crippen molar-refractivity contribution in [3.63, 3.8) is 0 Å². The second-order valence-electron chi connectivity index (χ2n) is 9.45. The Hall–Kier alpha value is -0.810. The zero-order chi connectivity index (χ0) is 18.8. The molecule has 1 aliphatic rings. The summed E-state index contributed by atoms with van der Waals surface area (Å²) in [7, 11) is 0. The number of nitrogens with zero attached hydrogens (tertiary/aromatic N) is 2. The quantitative estimate of drug-likeness (QED) is 0.835. The van der Waals surface area contributed by atoms with Gasteiger partial charge in [-0.05, 0) is 27.5 Å². The number of halogens is 1. The molecule has 1 heterocycles. The molecule has 0 amide bonds. The molecule has 0 aliphatic carbocycles. The van der Waals surface area contributed by atoms with Crippen LogP contribution in [-0.2, 0) is 17.4 Å². The summed E-state index contributed by atoms with van der Waals surface area (Å²) in [5.41, 5.74) is 8.94. The smallest absolute Gasteiger partial charge is 0.123 e. The largest absolute Gasteiger partial charge is 0.507 e. The van der Waals surface area contributed by atoms with Crippen molar-refractivity contribution in [1.82, 2.24) is 9.80 Å². The molecule has 1 aliphatic heterocycles. The number of nitrogens with two attached hydrogens (primary N) is 1. The summed E-state index contributed by atoms with van der Waals surface area (Å²) >= 11 is 0. The van der Waals surface area contributed by atoms with Crippen molar-refractivity contribution in [2.24, 2.45) is 5.73 Å². The predicted octanol–water partition coefficient (Wildman–Crippen LogP) is 3.49. The first-order valence-electron chi connectivity index (χ1n) is 9.54. The van der Waals surface area contributed by atoms with Gasteiger partial charge in [0.1, 0.15) is 5.75 Å². The zero-order valence-corrected chi connectivity index (χ0v) is 18.2. The third-order valence-electron chi connectivity index (χ3n) is 5.10. The molecule has 0 unspecified atom stereocenters. The monoisotopic (exact) mass is 383 g/mol. The Morgan fingerprint density at radius 1 is 0.885 bits per heavy atom. The number of aromatic hydroxyl groups is 1. The van der Waals surface area contributed by atoms with Crippen molar-refractivity contribution >= 4 is 12.4 Å². The number of piperazine rings is 1. The first kappa shape index (κ1) is 23.2. The van der Waals surface area contributed by atoms with Gasteiger partial charge in [0.15, 0.2) is 0 Å². The van der Waals surface area contributed by atoms with Gasteiger partial charge in [0.05, 0.1) is 0 Å². The molecule has 150 valence electrons. The normalized spacial score (nSPS) is 17.2. The second-order valence-corrected chi connectivity index (χ2v) is 9.45. The molecule has 1 fully saturated rings. The molecule has 26 heavy (non-hydrogen) atoms. The van der Waals surface area contributed by atoms with Gasteiger partial charge in [0.2, 0.25) is 0 Å². The van der Waals surface area contributed by atoms with Gasteiger partial charge in [-0.1, -0.05) is 53.7 Å². The van der Waals surface area contributed by atoms with Gasteiger partial charge in [-0.25, -0.2) is 0 Å². The molecule has 1 aromatic rings. The number of benzene rings is 1. The highest BCUT2D eigenvalue weighted by molar-refractivity contribution is 5.85. The summed E-state index contributed by atoms with van der Waals surface area (Å²) in [5.74, 6) is 0.469. The fourth-order valence-electron chi connectivity index (χ4n) is 3.54. The summed E-state index contributed by atoms with van der Waals surface area (Å²) in [5, 5.41) is 10.9. The lowest BCUT2D eigenvalue weighted by Crippen LogP contribution is -2.47. The molecular formula is C21H38ClN3O. The van der Waals surface area contributed by atoms with E-state index in [1.807, 2.05) is 0 Å². The molecule has 5 heteroatoms. The van der Waals surface area contributed by atoms with Gasteiger partial charge in [0.25, 0.3) is 0 Å². The average Bonchev–Trinajstić information content (AvgIpc) is 2.49. The third-order valence-corrected chi connectivity index (χ3v) is 5.10. The van der Waals surface area contributed by atoms with Crippen LogP contribution in [0.3, 0.4) is 0 Å². The number of phenols is 1. The van der Waals surface area contributed by atoms with Gasteiger partial charge >= 0.3 is 0 Å². The lowest BCUT2D eigenvalue weighted by molar-refractivity contribution is 0.129. The van der Waals surface area contributed by atoms with Crippen LogP contribution in [0.15, 0.2) is 12.1 Å². The number of hydrogen-bond acceptors (Lipinski definition) is 4. The Kier molecular flexibility index (Phi) is 7.97. The average molecular weight is 384 g/mol. The molecule has 0 saturated carbocycles. The molecule has 4 nitrogen and oxygen atoms in total. The van der Waals surface area contributed by atoms with E-state index in [1.165, 1.54) is 5.56 Å². The van der Waals surface area contributed by atoms with Crippen molar-refractivity contribution in [2.45, 2.75) is 58.9 Å². The maximum Gasteiger partial charge on any atom is 0.123 e. The van der Waals surface area contributed by atoms with Crippen LogP contribution in [0.2, 0.25) is 0 Å². The predicted molar refractivity (Wildman–Crippen MR) is 114 cm³/mol. The van der Waals surface area contributed by atoms with Crippen LogP contribution in [0.25, 0.3) is 0 Å². The summed E-state index contributed by atoms with van der Waals surface area (Å²) in [6.45, 7) is 20.0. The topological polar surface area (TPSA) is 52.7 Å². The van der Waals surface area contributed by atoms with Crippen LogP contribution in [-0.4, -0.2) is 54.2 Å². The molecule has 2 rings (SSSR count). The minimum absolute atomic E-state index is 0. The minimum Gasteiger partial charge on any atom is -0.507 e. The molecule has 0 atom stereocenters. The second kappa shape index (κ2) is 8.92. The highest BCUT2D eigenvalue weighted by atomic mass is 35.5. The van der Waals surface area contributed by atoms with E-state index >= 15 is 0 Å². The van der Waals surface area contributed by atoms with Crippen molar-refractivity contribution < 1.29 is 5.11 Å². The molecule has 1 aromatic carbocycles. The van der Waals surface area contributed by atoms with Crippen LogP contribution in [0, 0.1) is 0 Å². The van der Waals surface area contributed by atoms with E-state index in [-0.39, 0.29) is 23.2 Å². The number of phenolic OH excluding ortho intramolecular Hbond substituents is 1. The van der Waals surface area contributed by atoms with E-state index in [9.17, 15) is 5.11 Å². The Balaban J connectivity index is 0.00000338. The molecule has 1 saturated heterocycles. The van der Waals surface area contributed by atoms with Crippen molar-refractivity contribution in [3.05, 3.63) is 28.8 Å². The maximum atomic E-state index is 10.9. The van der Waals surface area contributed by atoms with E-state index in [0.29, 0.717) is 5.75 Å². The van der Waals surface area contributed by atoms with Gasteiger partial charge in [-0.15, -0.1) is 12.4 Å². The standard InChI is InChI=1S/C21H37N3O.ClH/c1-20(2,3)17-13-16(14-18(19(17)25)21(4,5)6)15-24-11-9-23(8-7-22)10-12-24;/h13-14,25H,7-12,15,22H2,1-6H3;1H. The molecule has 0 spiro atoms. The Labute approximate surface area is 166 Å². The maximum absolute atomic E-state index is 10.9. The summed E-state index contributed by atoms with van der Waals surface area (Å²) in [4.78, 5) is 4.95. The van der Waals surface area contributed by atoms with Crippen LogP contribution < -0.4 is 5.73 Å². The van der Waals surface area contributed by atoms with E-state index in [1.54, 1.807) is 0 Å². The summed E-state index contributed by atoms with van der Waals surface area (Å²) < 4.78 is 0. The Morgan fingerprint density at radius 2 is 1.31 bits per heavy atom.